The van der Waals surface area contributed by atoms with E-state index in [0.29, 0.717) is 17.9 Å². The third-order valence-electron chi connectivity index (χ3n) is 1.48. The number of carbonyl (C=O) groups excluding carboxylic acids is 1. The summed E-state index contributed by atoms with van der Waals surface area (Å²) in [5, 5.41) is 0. The largest absolute Gasteiger partial charge is 0.462 e. The summed E-state index contributed by atoms with van der Waals surface area (Å²) < 4.78 is 9.52. The highest BCUT2D eigenvalue weighted by Crippen LogP contribution is 2.19. The number of carbonyl (C=O) groups is 1. The molecular weight excluding hydrogens is 188 g/mol. The van der Waals surface area contributed by atoms with Gasteiger partial charge in [-0.3, -0.25) is 0 Å². The topological polar surface area (TPSA) is 35.5 Å². The maximum absolute atomic E-state index is 11.3. The molecule has 1 aromatic carbocycles. The highest BCUT2D eigenvalue weighted by molar-refractivity contribution is 7.75. The molecule has 0 saturated carbocycles. The Labute approximate surface area is 82.3 Å². The molecular formula is C9H10O3S. The van der Waals surface area contributed by atoms with Gasteiger partial charge in [0.2, 0.25) is 0 Å². The quantitative estimate of drug-likeness (QED) is 0.459. The first kappa shape index (κ1) is 9.92. The zero-order valence-electron chi connectivity index (χ0n) is 7.19. The molecule has 0 atom stereocenters. The Morgan fingerprint density at radius 1 is 1.46 bits per heavy atom. The fraction of sp³-hybridized carbons (Fsp3) is 0.222. The monoisotopic (exact) mass is 198 g/mol. The second-order valence-corrected chi connectivity index (χ2v) is 2.49. The van der Waals surface area contributed by atoms with E-state index >= 15 is 0 Å². The van der Waals surface area contributed by atoms with Crippen LogP contribution < -0.4 is 4.18 Å². The van der Waals surface area contributed by atoms with Gasteiger partial charge in [0, 0.05) is 12.9 Å². The summed E-state index contributed by atoms with van der Waals surface area (Å²) in [6, 6.07) is 6.78. The molecule has 0 N–H and O–H groups in total. The average Bonchev–Trinajstić information content (AvgIpc) is 2.18. The summed E-state index contributed by atoms with van der Waals surface area (Å²) in [4.78, 5) is 11.3. The number of benzene rings is 1. The first-order chi connectivity index (χ1) is 6.29. The summed E-state index contributed by atoms with van der Waals surface area (Å²) in [7, 11) is 0. The van der Waals surface area contributed by atoms with E-state index in [9.17, 15) is 4.79 Å². The van der Waals surface area contributed by atoms with Crippen LogP contribution in [0.3, 0.4) is 0 Å². The van der Waals surface area contributed by atoms with Crippen LogP contribution in [-0.4, -0.2) is 12.6 Å². The minimum atomic E-state index is -0.396. The van der Waals surface area contributed by atoms with Crippen molar-refractivity contribution in [2.45, 2.75) is 6.92 Å². The van der Waals surface area contributed by atoms with Crippen molar-refractivity contribution >= 4 is 18.9 Å². The van der Waals surface area contributed by atoms with Gasteiger partial charge in [-0.1, -0.05) is 12.1 Å². The fourth-order valence-corrected chi connectivity index (χ4v) is 1.08. The van der Waals surface area contributed by atoms with Crippen LogP contribution in [0.4, 0.5) is 0 Å². The van der Waals surface area contributed by atoms with Gasteiger partial charge in [-0.2, -0.15) is 0 Å². The van der Waals surface area contributed by atoms with Crippen molar-refractivity contribution in [1.82, 2.24) is 0 Å². The molecule has 0 bridgehead atoms. The van der Waals surface area contributed by atoms with E-state index < -0.39 is 5.97 Å². The summed E-state index contributed by atoms with van der Waals surface area (Å²) >= 11 is 3.63. The molecule has 0 aliphatic carbocycles. The molecule has 0 unspecified atom stereocenters. The Morgan fingerprint density at radius 3 is 2.77 bits per heavy atom. The van der Waals surface area contributed by atoms with Crippen LogP contribution in [0.2, 0.25) is 0 Å². The predicted octanol–water partition coefficient (Wildman–Crippen LogP) is 2.09. The molecule has 70 valence electrons. The van der Waals surface area contributed by atoms with Crippen molar-refractivity contribution in [2.75, 3.05) is 6.61 Å². The van der Waals surface area contributed by atoms with E-state index in [0.717, 1.165) is 0 Å². The fourth-order valence-electron chi connectivity index (χ4n) is 0.924. The molecule has 3 nitrogen and oxygen atoms in total. The molecule has 0 fully saturated rings. The van der Waals surface area contributed by atoms with Gasteiger partial charge in [0.1, 0.15) is 5.56 Å². The Kier molecular flexibility index (Phi) is 3.64. The Morgan fingerprint density at radius 2 is 2.15 bits per heavy atom. The van der Waals surface area contributed by atoms with Gasteiger partial charge in [0.15, 0.2) is 5.75 Å². The predicted molar refractivity (Wildman–Crippen MR) is 52.0 cm³/mol. The van der Waals surface area contributed by atoms with E-state index in [2.05, 4.69) is 12.9 Å². The minimum Gasteiger partial charge on any atom is -0.462 e. The Hall–Kier alpha value is -1.16. The van der Waals surface area contributed by atoms with Crippen LogP contribution in [0.25, 0.3) is 0 Å². The molecule has 4 heteroatoms. The van der Waals surface area contributed by atoms with E-state index in [1.807, 2.05) is 0 Å². The molecule has 0 aliphatic heterocycles. The molecule has 0 aliphatic rings. The molecule has 1 aromatic rings. The molecule has 0 radical (unpaired) electrons. The number of para-hydroxylation sites is 1. The standard InChI is InChI=1S/C9H10O3S/c1-2-11-9(10)7-5-3-4-6-8(7)12-13/h3-6,13H,2H2,1H3. The number of thiol groups is 1. The lowest BCUT2D eigenvalue weighted by Gasteiger charge is -2.05. The lowest BCUT2D eigenvalue weighted by molar-refractivity contribution is 0.0524. The van der Waals surface area contributed by atoms with Crippen molar-refractivity contribution in [3.05, 3.63) is 29.8 Å². The SMILES string of the molecule is CCOC(=O)c1ccccc1OS. The van der Waals surface area contributed by atoms with Crippen molar-refractivity contribution in [1.29, 1.82) is 0 Å². The molecule has 13 heavy (non-hydrogen) atoms. The third kappa shape index (κ3) is 2.39. The summed E-state index contributed by atoms with van der Waals surface area (Å²) in [5.41, 5.74) is 0.388. The lowest BCUT2D eigenvalue weighted by Crippen LogP contribution is -2.05. The zero-order valence-corrected chi connectivity index (χ0v) is 8.08. The van der Waals surface area contributed by atoms with Gasteiger partial charge >= 0.3 is 5.97 Å². The van der Waals surface area contributed by atoms with Crippen molar-refractivity contribution in [2.24, 2.45) is 0 Å². The number of hydrogen-bond acceptors (Lipinski definition) is 4. The minimum absolute atomic E-state index is 0.347. The van der Waals surface area contributed by atoms with Gasteiger partial charge in [-0.15, -0.1) is 0 Å². The highest BCUT2D eigenvalue weighted by Gasteiger charge is 2.11. The maximum atomic E-state index is 11.3. The number of ether oxygens (including phenoxy) is 1. The van der Waals surface area contributed by atoms with Crippen LogP contribution in [0.1, 0.15) is 17.3 Å². The van der Waals surface area contributed by atoms with Crippen molar-refractivity contribution < 1.29 is 13.7 Å². The van der Waals surface area contributed by atoms with Gasteiger partial charge < -0.3 is 8.92 Å². The van der Waals surface area contributed by atoms with E-state index in [-0.39, 0.29) is 0 Å². The third-order valence-corrected chi connectivity index (χ3v) is 1.68. The maximum Gasteiger partial charge on any atom is 0.341 e. The van der Waals surface area contributed by atoms with E-state index in [1.54, 1.807) is 31.2 Å². The van der Waals surface area contributed by atoms with Crippen LogP contribution in [-0.2, 0) is 4.74 Å². The molecule has 0 saturated heterocycles. The van der Waals surface area contributed by atoms with Crippen LogP contribution in [0.15, 0.2) is 24.3 Å². The van der Waals surface area contributed by atoms with Gasteiger partial charge in [0.25, 0.3) is 0 Å². The number of esters is 1. The first-order valence-corrected chi connectivity index (χ1v) is 4.23. The number of rotatable bonds is 3. The summed E-state index contributed by atoms with van der Waals surface area (Å²) in [6.07, 6.45) is 0. The lowest BCUT2D eigenvalue weighted by atomic mass is 10.2. The highest BCUT2D eigenvalue weighted by atomic mass is 32.1. The van der Waals surface area contributed by atoms with Crippen LogP contribution in [0, 0.1) is 0 Å². The molecule has 0 amide bonds. The second kappa shape index (κ2) is 4.77. The zero-order chi connectivity index (χ0) is 9.68. The van der Waals surface area contributed by atoms with Gasteiger partial charge in [-0.25, -0.2) is 4.79 Å². The van der Waals surface area contributed by atoms with Crippen LogP contribution >= 0.6 is 12.9 Å². The van der Waals surface area contributed by atoms with E-state index in [1.165, 1.54) is 0 Å². The smallest absolute Gasteiger partial charge is 0.341 e. The molecule has 0 aromatic heterocycles. The van der Waals surface area contributed by atoms with Crippen molar-refractivity contribution in [3.8, 4) is 5.75 Å². The summed E-state index contributed by atoms with van der Waals surface area (Å²) in [6.45, 7) is 2.10. The van der Waals surface area contributed by atoms with Gasteiger partial charge in [-0.05, 0) is 19.1 Å². The Bertz CT molecular complexity index is 299. The second-order valence-electron chi connectivity index (χ2n) is 2.31. The first-order valence-electron chi connectivity index (χ1n) is 3.87. The van der Waals surface area contributed by atoms with Crippen LogP contribution in [0.5, 0.6) is 5.75 Å². The average molecular weight is 198 g/mol. The Balaban J connectivity index is 2.92. The molecule has 0 heterocycles. The molecule has 1 rings (SSSR count). The van der Waals surface area contributed by atoms with Gasteiger partial charge in [0.05, 0.1) is 6.61 Å². The molecule has 0 spiro atoms. The van der Waals surface area contributed by atoms with Crippen molar-refractivity contribution in [3.63, 3.8) is 0 Å². The van der Waals surface area contributed by atoms with E-state index in [4.69, 9.17) is 8.92 Å². The normalized spacial score (nSPS) is 9.38. The number of hydrogen-bond donors (Lipinski definition) is 1. The summed E-state index contributed by atoms with van der Waals surface area (Å²) in [5.74, 6) is 0.0106.